The van der Waals surface area contributed by atoms with E-state index in [1.165, 1.54) is 37.6 Å². The molecule has 0 aliphatic carbocycles. The molecule has 0 spiro atoms. The van der Waals surface area contributed by atoms with Gasteiger partial charge in [0.05, 0.1) is 0 Å². The molecule has 6 heteroatoms. The Kier molecular flexibility index (Phi) is 7.70. The second-order valence-corrected chi connectivity index (χ2v) is 6.07. The lowest BCUT2D eigenvalue weighted by Crippen LogP contribution is -2.43. The number of aliphatic imine (C=N–C) groups is 1. The molecule has 0 saturated carbocycles. The fourth-order valence-electron chi connectivity index (χ4n) is 2.46. The zero-order chi connectivity index (χ0) is 12.1. The number of thioether (sulfide) groups is 1. The van der Waals surface area contributed by atoms with Crippen molar-refractivity contribution < 1.29 is 0 Å². The lowest BCUT2D eigenvalue weighted by atomic mass is 10.1. The third-order valence-corrected chi connectivity index (χ3v) is 4.61. The molecule has 4 nitrogen and oxygen atoms in total. The topological polar surface area (TPSA) is 44.9 Å². The molecule has 18 heavy (non-hydrogen) atoms. The summed E-state index contributed by atoms with van der Waals surface area (Å²) >= 11 is 2.00. The van der Waals surface area contributed by atoms with Crippen LogP contribution in [0.4, 0.5) is 0 Å². The van der Waals surface area contributed by atoms with Crippen LogP contribution in [-0.4, -0.2) is 66.5 Å². The van der Waals surface area contributed by atoms with Crippen LogP contribution in [0.15, 0.2) is 4.99 Å². The van der Waals surface area contributed by atoms with E-state index in [4.69, 9.17) is 5.73 Å². The van der Waals surface area contributed by atoms with Crippen molar-refractivity contribution in [3.8, 4) is 0 Å². The molecule has 2 aliphatic heterocycles. The number of guanidine groups is 1. The lowest BCUT2D eigenvalue weighted by Gasteiger charge is -2.27. The number of rotatable bonds is 3. The van der Waals surface area contributed by atoms with Gasteiger partial charge in [-0.2, -0.15) is 11.8 Å². The van der Waals surface area contributed by atoms with Crippen LogP contribution in [0.3, 0.4) is 0 Å². The Bertz CT molecular complexity index is 269. The minimum absolute atomic E-state index is 0. The Hall–Kier alpha value is 0.310. The minimum atomic E-state index is 0. The number of halogens is 1. The Morgan fingerprint density at radius 2 is 2.06 bits per heavy atom. The van der Waals surface area contributed by atoms with Crippen LogP contribution in [0, 0.1) is 5.92 Å². The number of nitrogens with two attached hydrogens (primary N) is 1. The summed E-state index contributed by atoms with van der Waals surface area (Å²) in [6.45, 7) is 8.86. The highest BCUT2D eigenvalue weighted by atomic mass is 127. The van der Waals surface area contributed by atoms with Gasteiger partial charge in [0.2, 0.25) is 0 Å². The molecule has 0 aromatic rings. The molecule has 0 radical (unpaired) electrons. The SMILES string of the molecule is CCN1CCC(CN=C(N)N2CCSCC2)C1.I. The van der Waals surface area contributed by atoms with E-state index in [0.717, 1.165) is 25.6 Å². The maximum absolute atomic E-state index is 6.05. The minimum Gasteiger partial charge on any atom is -0.370 e. The van der Waals surface area contributed by atoms with E-state index < -0.39 is 0 Å². The molecular formula is C12H25IN4S. The van der Waals surface area contributed by atoms with Gasteiger partial charge in [0.1, 0.15) is 0 Å². The van der Waals surface area contributed by atoms with Crippen molar-refractivity contribution in [1.29, 1.82) is 0 Å². The number of hydrogen-bond donors (Lipinski definition) is 1. The summed E-state index contributed by atoms with van der Waals surface area (Å²) in [4.78, 5) is 9.30. The van der Waals surface area contributed by atoms with Crippen molar-refractivity contribution in [3.05, 3.63) is 0 Å². The second kappa shape index (κ2) is 8.47. The van der Waals surface area contributed by atoms with E-state index in [-0.39, 0.29) is 24.0 Å². The molecule has 1 atom stereocenters. The molecule has 106 valence electrons. The molecule has 0 amide bonds. The van der Waals surface area contributed by atoms with Gasteiger partial charge in [-0.15, -0.1) is 24.0 Å². The molecule has 2 heterocycles. The molecule has 0 bridgehead atoms. The van der Waals surface area contributed by atoms with Crippen LogP contribution < -0.4 is 5.73 Å². The molecule has 2 aliphatic rings. The van der Waals surface area contributed by atoms with Crippen molar-refractivity contribution >= 4 is 41.7 Å². The fraction of sp³-hybridized carbons (Fsp3) is 0.917. The Balaban J connectivity index is 0.00000162. The van der Waals surface area contributed by atoms with Crippen molar-refractivity contribution in [3.63, 3.8) is 0 Å². The average molecular weight is 384 g/mol. The van der Waals surface area contributed by atoms with Crippen molar-refractivity contribution in [2.75, 3.05) is 50.8 Å². The van der Waals surface area contributed by atoms with E-state index in [2.05, 4.69) is 21.7 Å². The first-order valence-corrected chi connectivity index (χ1v) is 7.80. The Labute approximate surface area is 132 Å². The smallest absolute Gasteiger partial charge is 0.191 e. The zero-order valence-corrected chi connectivity index (χ0v) is 14.3. The molecule has 2 rings (SSSR count). The van der Waals surface area contributed by atoms with Crippen molar-refractivity contribution in [1.82, 2.24) is 9.80 Å². The van der Waals surface area contributed by atoms with E-state index in [1.807, 2.05) is 11.8 Å². The van der Waals surface area contributed by atoms with E-state index in [1.54, 1.807) is 0 Å². The highest BCUT2D eigenvalue weighted by Crippen LogP contribution is 2.16. The molecule has 0 aromatic carbocycles. The molecule has 2 fully saturated rings. The summed E-state index contributed by atoms with van der Waals surface area (Å²) < 4.78 is 0. The first-order valence-electron chi connectivity index (χ1n) is 6.64. The van der Waals surface area contributed by atoms with Crippen LogP contribution in [0.2, 0.25) is 0 Å². The van der Waals surface area contributed by atoms with Gasteiger partial charge in [0, 0.05) is 37.7 Å². The van der Waals surface area contributed by atoms with Crippen LogP contribution in [-0.2, 0) is 0 Å². The highest BCUT2D eigenvalue weighted by molar-refractivity contribution is 14.0. The second-order valence-electron chi connectivity index (χ2n) is 4.85. The highest BCUT2D eigenvalue weighted by Gasteiger charge is 2.21. The number of likely N-dealkylation sites (tertiary alicyclic amines) is 1. The van der Waals surface area contributed by atoms with Gasteiger partial charge in [-0.25, -0.2) is 0 Å². The van der Waals surface area contributed by atoms with Gasteiger partial charge in [0.15, 0.2) is 5.96 Å². The monoisotopic (exact) mass is 384 g/mol. The third kappa shape index (κ3) is 4.77. The van der Waals surface area contributed by atoms with Gasteiger partial charge >= 0.3 is 0 Å². The van der Waals surface area contributed by atoms with Crippen LogP contribution in [0.25, 0.3) is 0 Å². The summed E-state index contributed by atoms with van der Waals surface area (Å²) in [5.41, 5.74) is 6.05. The third-order valence-electron chi connectivity index (χ3n) is 3.66. The zero-order valence-electron chi connectivity index (χ0n) is 11.2. The van der Waals surface area contributed by atoms with Crippen LogP contribution in [0.1, 0.15) is 13.3 Å². The van der Waals surface area contributed by atoms with Gasteiger partial charge in [-0.1, -0.05) is 6.92 Å². The lowest BCUT2D eigenvalue weighted by molar-refractivity contribution is 0.343. The predicted octanol–water partition coefficient (Wildman–Crippen LogP) is 1.31. The number of hydrogen-bond acceptors (Lipinski definition) is 3. The van der Waals surface area contributed by atoms with Gasteiger partial charge < -0.3 is 15.5 Å². The van der Waals surface area contributed by atoms with E-state index in [0.29, 0.717) is 5.92 Å². The van der Waals surface area contributed by atoms with Crippen molar-refractivity contribution in [2.24, 2.45) is 16.6 Å². The van der Waals surface area contributed by atoms with Crippen LogP contribution in [0.5, 0.6) is 0 Å². The Morgan fingerprint density at radius 1 is 1.33 bits per heavy atom. The molecule has 1 unspecified atom stereocenters. The molecule has 2 saturated heterocycles. The maximum atomic E-state index is 6.05. The first-order chi connectivity index (χ1) is 8.29. The van der Waals surface area contributed by atoms with Gasteiger partial charge in [-0.05, 0) is 25.4 Å². The largest absolute Gasteiger partial charge is 0.370 e. The average Bonchev–Trinajstić information content (AvgIpc) is 2.85. The summed E-state index contributed by atoms with van der Waals surface area (Å²) in [7, 11) is 0. The van der Waals surface area contributed by atoms with E-state index >= 15 is 0 Å². The van der Waals surface area contributed by atoms with Crippen molar-refractivity contribution in [2.45, 2.75) is 13.3 Å². The van der Waals surface area contributed by atoms with Gasteiger partial charge in [0.25, 0.3) is 0 Å². The summed E-state index contributed by atoms with van der Waals surface area (Å²) in [6, 6.07) is 0. The molecule has 0 aromatic heterocycles. The standard InChI is InChI=1S/C12H24N4S.HI/c1-2-15-4-3-11(10-15)9-14-12(13)16-5-7-17-8-6-16;/h11H,2-10H2,1H3,(H2,13,14);1H. The van der Waals surface area contributed by atoms with E-state index in [9.17, 15) is 0 Å². The summed E-state index contributed by atoms with van der Waals surface area (Å²) in [5, 5.41) is 0. The van der Waals surface area contributed by atoms with Crippen LogP contribution >= 0.6 is 35.7 Å². The fourth-order valence-corrected chi connectivity index (χ4v) is 3.37. The number of nitrogens with zero attached hydrogens (tertiary/aromatic N) is 3. The quantitative estimate of drug-likeness (QED) is 0.453. The summed E-state index contributed by atoms with van der Waals surface area (Å²) in [5.74, 6) is 3.85. The maximum Gasteiger partial charge on any atom is 0.191 e. The van der Waals surface area contributed by atoms with Gasteiger partial charge in [-0.3, -0.25) is 4.99 Å². The summed E-state index contributed by atoms with van der Waals surface area (Å²) in [6.07, 6.45) is 1.28. The first kappa shape index (κ1) is 16.4. The molecular weight excluding hydrogens is 359 g/mol. The molecule has 2 N–H and O–H groups in total. The normalized spacial score (nSPS) is 26.2. The Morgan fingerprint density at radius 3 is 2.67 bits per heavy atom. The predicted molar refractivity (Wildman–Crippen MR) is 91.0 cm³/mol.